The van der Waals surface area contributed by atoms with Gasteiger partial charge in [0.25, 0.3) is 0 Å². The molecule has 0 aromatic carbocycles. The van der Waals surface area contributed by atoms with Gasteiger partial charge in [-0.3, -0.25) is 5.10 Å². The fourth-order valence-corrected chi connectivity index (χ4v) is 2.37. The molecule has 0 spiro atoms. The molecule has 1 fully saturated rings. The molecule has 20 heavy (non-hydrogen) atoms. The summed E-state index contributed by atoms with van der Waals surface area (Å²) in [5.41, 5.74) is 1.46. The molecule has 0 bridgehead atoms. The number of ether oxygens (including phenoxy) is 1. The van der Waals surface area contributed by atoms with Crippen LogP contribution in [0.5, 0.6) is 0 Å². The van der Waals surface area contributed by atoms with Crippen molar-refractivity contribution >= 4 is 16.9 Å². The molecule has 9 heteroatoms. The topological polar surface area (TPSA) is 136 Å². The summed E-state index contributed by atoms with van der Waals surface area (Å²) in [5.74, 6) is 0.546. The number of aliphatic hydroxyl groups excluding tert-OH is 3. The first kappa shape index (κ1) is 13.2. The summed E-state index contributed by atoms with van der Waals surface area (Å²) in [7, 11) is 1.71. The van der Waals surface area contributed by atoms with Crippen LogP contribution in [-0.4, -0.2) is 67.5 Å². The van der Waals surface area contributed by atoms with E-state index in [0.717, 1.165) is 0 Å². The van der Waals surface area contributed by atoms with Crippen molar-refractivity contribution < 1.29 is 20.1 Å². The predicted molar refractivity (Wildman–Crippen MR) is 67.9 cm³/mol. The number of H-pyrrole nitrogens is 1. The zero-order valence-corrected chi connectivity index (χ0v) is 10.7. The Morgan fingerprint density at radius 1 is 1.30 bits per heavy atom. The molecule has 0 amide bonds. The first-order valence-corrected chi connectivity index (χ1v) is 6.16. The Labute approximate surface area is 113 Å². The molecular formula is C11H15N5O4. The zero-order valence-electron chi connectivity index (χ0n) is 10.7. The van der Waals surface area contributed by atoms with E-state index in [-0.39, 0.29) is 6.61 Å². The number of anilines is 1. The second-order valence-corrected chi connectivity index (χ2v) is 4.57. The number of aliphatic hydroxyl groups is 3. The van der Waals surface area contributed by atoms with Crippen LogP contribution in [0.3, 0.4) is 0 Å². The van der Waals surface area contributed by atoms with E-state index in [1.807, 2.05) is 0 Å². The van der Waals surface area contributed by atoms with Crippen molar-refractivity contribution in [2.75, 3.05) is 19.0 Å². The summed E-state index contributed by atoms with van der Waals surface area (Å²) >= 11 is 0. The molecule has 2 aromatic heterocycles. The van der Waals surface area contributed by atoms with Crippen molar-refractivity contribution in [2.45, 2.75) is 24.4 Å². The maximum atomic E-state index is 10.0. The molecule has 2 aromatic rings. The second-order valence-electron chi connectivity index (χ2n) is 4.57. The van der Waals surface area contributed by atoms with E-state index in [0.29, 0.717) is 22.5 Å². The average molecular weight is 281 g/mol. The van der Waals surface area contributed by atoms with Crippen molar-refractivity contribution in [1.29, 1.82) is 0 Å². The summed E-state index contributed by atoms with van der Waals surface area (Å²) in [4.78, 5) is 8.16. The number of hydrogen-bond acceptors (Lipinski definition) is 8. The standard InChI is InChI=1S/C11H15N5O4/c1-12-11-7-5(13-3-14-11)6(15-16-7)10-9(19)8(18)4(2-17)20-10/h3-4,8-10,17-19H,2H2,1H3,(H,15,16)(H,12,13,14)/t4-,8+,9+,10+/m0/s1. The molecule has 108 valence electrons. The molecular weight excluding hydrogens is 266 g/mol. The maximum absolute atomic E-state index is 10.0. The van der Waals surface area contributed by atoms with Gasteiger partial charge in [-0.15, -0.1) is 0 Å². The minimum Gasteiger partial charge on any atom is -0.394 e. The van der Waals surface area contributed by atoms with Crippen molar-refractivity contribution in [3.8, 4) is 0 Å². The number of fused-ring (bicyclic) bond motifs is 1. The molecule has 0 aliphatic carbocycles. The molecule has 1 aliphatic rings. The molecule has 0 radical (unpaired) electrons. The first-order valence-electron chi connectivity index (χ1n) is 6.16. The van der Waals surface area contributed by atoms with Crippen LogP contribution in [0.2, 0.25) is 0 Å². The van der Waals surface area contributed by atoms with Crippen LogP contribution in [0.25, 0.3) is 11.0 Å². The second kappa shape index (κ2) is 4.94. The summed E-state index contributed by atoms with van der Waals surface area (Å²) in [6.07, 6.45) is -2.61. The molecule has 0 unspecified atom stereocenters. The third-order valence-corrected chi connectivity index (χ3v) is 3.43. The highest BCUT2D eigenvalue weighted by Gasteiger charge is 2.44. The SMILES string of the molecule is CNc1ncnc2c([C@H]3O[C@@H](CO)[C@@H](O)[C@H]3O)[nH]nc12. The maximum Gasteiger partial charge on any atom is 0.157 e. The van der Waals surface area contributed by atoms with Gasteiger partial charge in [-0.05, 0) is 0 Å². The highest BCUT2D eigenvalue weighted by molar-refractivity contribution is 5.86. The highest BCUT2D eigenvalue weighted by atomic mass is 16.6. The fourth-order valence-electron chi connectivity index (χ4n) is 2.37. The van der Waals surface area contributed by atoms with Crippen molar-refractivity contribution in [1.82, 2.24) is 20.2 Å². The Hall–Kier alpha value is -1.81. The van der Waals surface area contributed by atoms with Gasteiger partial charge in [0, 0.05) is 7.05 Å². The number of aromatic amines is 1. The summed E-state index contributed by atoms with van der Waals surface area (Å²) < 4.78 is 5.46. The van der Waals surface area contributed by atoms with E-state index in [1.165, 1.54) is 6.33 Å². The first-order chi connectivity index (χ1) is 9.67. The van der Waals surface area contributed by atoms with E-state index < -0.39 is 24.4 Å². The molecule has 3 heterocycles. The van der Waals surface area contributed by atoms with Crippen LogP contribution in [0, 0.1) is 0 Å². The molecule has 9 nitrogen and oxygen atoms in total. The van der Waals surface area contributed by atoms with E-state index in [2.05, 4.69) is 25.5 Å². The van der Waals surface area contributed by atoms with Gasteiger partial charge in [-0.1, -0.05) is 0 Å². The monoisotopic (exact) mass is 281 g/mol. The largest absolute Gasteiger partial charge is 0.394 e. The van der Waals surface area contributed by atoms with Crippen LogP contribution in [0.15, 0.2) is 6.33 Å². The Bertz CT molecular complexity index is 618. The van der Waals surface area contributed by atoms with Crippen molar-refractivity contribution in [3.05, 3.63) is 12.0 Å². The van der Waals surface area contributed by atoms with Crippen molar-refractivity contribution in [3.63, 3.8) is 0 Å². The smallest absolute Gasteiger partial charge is 0.157 e. The van der Waals surface area contributed by atoms with Crippen molar-refractivity contribution in [2.24, 2.45) is 0 Å². The minimum atomic E-state index is -1.16. The minimum absolute atomic E-state index is 0.377. The number of aromatic nitrogens is 4. The lowest BCUT2D eigenvalue weighted by molar-refractivity contribution is -0.0236. The van der Waals surface area contributed by atoms with E-state index in [9.17, 15) is 10.2 Å². The Morgan fingerprint density at radius 3 is 2.75 bits per heavy atom. The number of nitrogens with one attached hydrogen (secondary N) is 2. The highest BCUT2D eigenvalue weighted by Crippen LogP contribution is 2.35. The van der Waals surface area contributed by atoms with Gasteiger partial charge in [-0.25, -0.2) is 9.97 Å². The van der Waals surface area contributed by atoms with Gasteiger partial charge in [0.15, 0.2) is 11.3 Å². The number of nitrogens with zero attached hydrogens (tertiary/aromatic N) is 3. The lowest BCUT2D eigenvalue weighted by Crippen LogP contribution is -2.32. The van der Waals surface area contributed by atoms with Crippen LogP contribution in [0.4, 0.5) is 5.82 Å². The molecule has 3 rings (SSSR count). The zero-order chi connectivity index (χ0) is 14.3. The summed E-state index contributed by atoms with van der Waals surface area (Å²) in [6, 6.07) is 0. The molecule has 1 aliphatic heterocycles. The Kier molecular flexibility index (Phi) is 3.26. The van der Waals surface area contributed by atoms with Gasteiger partial charge in [-0.2, -0.15) is 5.10 Å². The summed E-state index contributed by atoms with van der Waals surface area (Å²) in [6.45, 7) is -0.377. The Balaban J connectivity index is 2.03. The predicted octanol–water partition coefficient (Wildman–Crippen LogP) is -1.45. The number of hydrogen-bond donors (Lipinski definition) is 5. The third kappa shape index (κ3) is 1.83. The lowest BCUT2D eigenvalue weighted by Gasteiger charge is -2.12. The van der Waals surface area contributed by atoms with Gasteiger partial charge in [0.1, 0.15) is 36.3 Å². The third-order valence-electron chi connectivity index (χ3n) is 3.43. The van der Waals surface area contributed by atoms with Crippen LogP contribution in [-0.2, 0) is 4.74 Å². The molecule has 5 N–H and O–H groups in total. The van der Waals surface area contributed by atoms with E-state index in [1.54, 1.807) is 7.05 Å². The quantitative estimate of drug-likeness (QED) is 0.461. The fraction of sp³-hybridized carbons (Fsp3) is 0.545. The summed E-state index contributed by atoms with van der Waals surface area (Å²) in [5, 5.41) is 38.7. The van der Waals surface area contributed by atoms with Crippen LogP contribution >= 0.6 is 0 Å². The van der Waals surface area contributed by atoms with Gasteiger partial charge < -0.3 is 25.4 Å². The Morgan fingerprint density at radius 2 is 2.10 bits per heavy atom. The average Bonchev–Trinajstić information content (AvgIpc) is 3.01. The number of rotatable bonds is 3. The van der Waals surface area contributed by atoms with Crippen LogP contribution < -0.4 is 5.32 Å². The van der Waals surface area contributed by atoms with Crippen LogP contribution in [0.1, 0.15) is 11.8 Å². The van der Waals surface area contributed by atoms with Gasteiger partial charge >= 0.3 is 0 Å². The molecule has 4 atom stereocenters. The van der Waals surface area contributed by atoms with Gasteiger partial charge in [0.05, 0.1) is 12.3 Å². The molecule has 1 saturated heterocycles. The normalized spacial score (nSPS) is 30.0. The lowest BCUT2D eigenvalue weighted by atomic mass is 10.1. The van der Waals surface area contributed by atoms with E-state index in [4.69, 9.17) is 9.84 Å². The molecule has 0 saturated carbocycles. The van der Waals surface area contributed by atoms with E-state index >= 15 is 0 Å². The van der Waals surface area contributed by atoms with Gasteiger partial charge in [0.2, 0.25) is 0 Å².